The number of primary amides is 1. The van der Waals surface area contributed by atoms with Crippen molar-refractivity contribution >= 4 is 67.1 Å². The minimum absolute atomic E-state index is 0.148. The van der Waals surface area contributed by atoms with E-state index < -0.39 is 11.8 Å². The van der Waals surface area contributed by atoms with Gasteiger partial charge in [-0.2, -0.15) is 0 Å². The molecule has 31 heavy (non-hydrogen) atoms. The topological polar surface area (TPSA) is 96.9 Å². The van der Waals surface area contributed by atoms with Crippen LogP contribution in [-0.2, 0) is 0 Å². The molecule has 6 nitrogen and oxygen atoms in total. The number of hydrogen-bond acceptors (Lipinski definition) is 4. The molecule has 3 N–H and O–H groups in total. The molecule has 0 bridgehead atoms. The number of hydrogen-bond donors (Lipinski definition) is 2. The second kappa shape index (κ2) is 5.93. The Hall–Kier alpha value is -4.16. The molecule has 0 atom stereocenters. The maximum absolute atomic E-state index is 12.6. The van der Waals surface area contributed by atoms with Gasteiger partial charge >= 0.3 is 5.91 Å². The molecule has 0 unspecified atom stereocenters. The molecule has 1 heterocycles. The highest BCUT2D eigenvalue weighted by Gasteiger charge is 2.28. The van der Waals surface area contributed by atoms with Gasteiger partial charge in [0.05, 0.1) is 12.6 Å². The fraction of sp³-hybridized carbons (Fsp3) is 0.0400. The van der Waals surface area contributed by atoms with Crippen molar-refractivity contribution in [2.75, 3.05) is 7.05 Å². The van der Waals surface area contributed by atoms with Gasteiger partial charge in [0.25, 0.3) is 11.8 Å². The number of carbonyl (C=O) groups is 4. The largest absolute Gasteiger partial charge is 0.343 e. The molecular formula is C25H15N2O4+. The third-order valence-electron chi connectivity index (χ3n) is 6.30. The van der Waals surface area contributed by atoms with E-state index in [-0.39, 0.29) is 5.91 Å². The zero-order chi connectivity index (χ0) is 21.4. The zero-order valence-corrected chi connectivity index (χ0v) is 16.4. The van der Waals surface area contributed by atoms with Crippen LogP contribution in [-0.4, -0.2) is 31.1 Å². The molecule has 0 saturated heterocycles. The van der Waals surface area contributed by atoms with Crippen LogP contribution in [0.15, 0.2) is 48.5 Å². The number of fused-ring (bicyclic) bond motifs is 2. The van der Waals surface area contributed by atoms with Crippen molar-refractivity contribution in [2.45, 2.75) is 0 Å². The lowest BCUT2D eigenvalue weighted by Crippen LogP contribution is -2.83. The molecule has 0 saturated carbocycles. The van der Waals surface area contributed by atoms with Gasteiger partial charge in [0, 0.05) is 27.5 Å². The summed E-state index contributed by atoms with van der Waals surface area (Å²) < 4.78 is 0. The standard InChI is InChI=1S/C25H14N2O4/c1-26-23(29)16-7-4-13-15-6-9-18-22-17(24(30)27-25(18)31)8-5-14(21(15)22)12-3-2-11(10-28)19(16)20(12)13/h2-10H,1H3,(H,26,29)(H,27,30,31)/p+1. The summed E-state index contributed by atoms with van der Waals surface area (Å²) >= 11 is 0. The van der Waals surface area contributed by atoms with Gasteiger partial charge in [-0.25, -0.2) is 4.79 Å². The van der Waals surface area contributed by atoms with Crippen LogP contribution in [0.25, 0.3) is 43.1 Å². The molecule has 0 spiro atoms. The van der Waals surface area contributed by atoms with E-state index in [0.717, 1.165) is 38.6 Å². The first-order valence-electron chi connectivity index (χ1n) is 9.90. The van der Waals surface area contributed by atoms with Crippen LogP contribution in [0.5, 0.6) is 0 Å². The van der Waals surface area contributed by atoms with Crippen molar-refractivity contribution in [1.82, 2.24) is 5.32 Å². The van der Waals surface area contributed by atoms with Crippen molar-refractivity contribution in [2.24, 2.45) is 0 Å². The molecule has 6 rings (SSSR count). The second-order valence-electron chi connectivity index (χ2n) is 7.74. The molecule has 0 fully saturated rings. The van der Waals surface area contributed by atoms with E-state index in [1.807, 2.05) is 24.3 Å². The van der Waals surface area contributed by atoms with E-state index in [4.69, 9.17) is 0 Å². The van der Waals surface area contributed by atoms with Crippen molar-refractivity contribution < 1.29 is 24.5 Å². The Morgan fingerprint density at radius 1 is 0.742 bits per heavy atom. The fourth-order valence-corrected chi connectivity index (χ4v) is 4.99. The first-order chi connectivity index (χ1) is 15.0. The van der Waals surface area contributed by atoms with E-state index in [1.54, 1.807) is 31.3 Å². The molecule has 0 aromatic heterocycles. The van der Waals surface area contributed by atoms with Crippen molar-refractivity contribution in [3.63, 3.8) is 0 Å². The first kappa shape index (κ1) is 17.7. The van der Waals surface area contributed by atoms with E-state index in [9.17, 15) is 19.2 Å². The summed E-state index contributed by atoms with van der Waals surface area (Å²) in [5.74, 6) is -0.967. The number of aldehydes is 1. The Kier molecular flexibility index (Phi) is 3.38. The molecule has 1 aliphatic rings. The summed E-state index contributed by atoms with van der Waals surface area (Å²) in [5, 5.41) is 10.3. The number of rotatable bonds is 2. The molecular weight excluding hydrogens is 392 g/mol. The number of nitrogens with one attached hydrogen (secondary N) is 1. The summed E-state index contributed by atoms with van der Waals surface area (Å²) in [7, 11) is 1.68. The van der Waals surface area contributed by atoms with Crippen molar-refractivity contribution in [1.29, 1.82) is 0 Å². The lowest BCUT2D eigenvalue weighted by molar-refractivity contribution is -0.523. The summed E-state index contributed by atoms with van der Waals surface area (Å²) in [5.41, 5.74) is 1.86. The minimum Gasteiger partial charge on any atom is -0.298 e. The minimum atomic E-state index is -0.409. The summed E-state index contributed by atoms with van der Waals surface area (Å²) in [6, 6.07) is 14.4. The summed E-state index contributed by atoms with van der Waals surface area (Å²) in [4.78, 5) is 49.4. The van der Waals surface area contributed by atoms with E-state index >= 15 is 0 Å². The van der Waals surface area contributed by atoms with Crippen molar-refractivity contribution in [3.8, 4) is 0 Å². The molecule has 0 aliphatic carbocycles. The first-order valence-corrected chi connectivity index (χ1v) is 9.90. The Balaban J connectivity index is 1.94. The third kappa shape index (κ3) is 2.09. The van der Waals surface area contributed by atoms with Crippen LogP contribution in [0, 0.1) is 0 Å². The van der Waals surface area contributed by atoms with Gasteiger partial charge in [0.15, 0.2) is 6.29 Å². The predicted octanol–water partition coefficient (Wildman–Crippen LogP) is 2.77. The Morgan fingerprint density at radius 2 is 1.26 bits per heavy atom. The number of nitrogens with two attached hydrogens (primary N) is 1. The highest BCUT2D eigenvalue weighted by atomic mass is 16.2. The number of benzene rings is 5. The highest BCUT2D eigenvalue weighted by Crippen LogP contribution is 2.44. The third-order valence-corrected chi connectivity index (χ3v) is 6.30. The van der Waals surface area contributed by atoms with Gasteiger partial charge in [-0.05, 0) is 50.5 Å². The molecule has 3 amide bonds. The quantitative estimate of drug-likeness (QED) is 0.204. The van der Waals surface area contributed by atoms with Gasteiger partial charge in [0.2, 0.25) is 0 Å². The number of quaternary nitrogens is 1. The van der Waals surface area contributed by atoms with Crippen LogP contribution >= 0.6 is 0 Å². The van der Waals surface area contributed by atoms with Crippen LogP contribution in [0.4, 0.5) is 0 Å². The van der Waals surface area contributed by atoms with Crippen molar-refractivity contribution in [3.05, 3.63) is 70.8 Å². The van der Waals surface area contributed by atoms with Crippen LogP contribution in [0.1, 0.15) is 41.4 Å². The molecule has 1 aliphatic heterocycles. The summed E-state index contributed by atoms with van der Waals surface area (Å²) in [6.45, 7) is 0. The second-order valence-corrected chi connectivity index (χ2v) is 7.74. The Labute approximate surface area is 175 Å². The molecule has 0 radical (unpaired) electrons. The zero-order valence-electron chi connectivity index (χ0n) is 16.4. The predicted molar refractivity (Wildman–Crippen MR) is 117 cm³/mol. The van der Waals surface area contributed by atoms with E-state index in [0.29, 0.717) is 33.0 Å². The van der Waals surface area contributed by atoms with E-state index in [2.05, 4.69) is 5.32 Å². The van der Waals surface area contributed by atoms with Gasteiger partial charge < -0.3 is 0 Å². The Bertz CT molecular complexity index is 1600. The number of amides is 3. The van der Waals surface area contributed by atoms with Gasteiger partial charge in [0.1, 0.15) is 0 Å². The monoisotopic (exact) mass is 407 g/mol. The highest BCUT2D eigenvalue weighted by molar-refractivity contribution is 6.39. The maximum atomic E-state index is 12.6. The number of imide groups is 1. The maximum Gasteiger partial charge on any atom is 0.343 e. The van der Waals surface area contributed by atoms with Crippen LogP contribution < -0.4 is 10.6 Å². The molecule has 148 valence electrons. The average Bonchev–Trinajstić information content (AvgIpc) is 2.80. The lowest BCUT2D eigenvalue weighted by Gasteiger charge is -2.21. The van der Waals surface area contributed by atoms with Crippen LogP contribution in [0.2, 0.25) is 0 Å². The van der Waals surface area contributed by atoms with Crippen LogP contribution in [0.3, 0.4) is 0 Å². The van der Waals surface area contributed by atoms with E-state index in [1.165, 1.54) is 5.32 Å². The average molecular weight is 407 g/mol. The van der Waals surface area contributed by atoms with Gasteiger partial charge in [-0.15, -0.1) is 0 Å². The molecule has 5 aromatic carbocycles. The molecule has 6 heteroatoms. The summed E-state index contributed by atoms with van der Waals surface area (Å²) in [6.07, 6.45) is 0.772. The van der Waals surface area contributed by atoms with Gasteiger partial charge in [-0.1, -0.05) is 30.3 Å². The molecule has 5 aromatic rings. The SMILES string of the molecule is C[NH2+]C(=O)c1ccc2c3ccc4c5c(ccc(c6ccc(C=O)c1c62)c53)C(=O)NC4=O. The smallest absolute Gasteiger partial charge is 0.298 e. The van der Waals surface area contributed by atoms with Gasteiger partial charge in [-0.3, -0.25) is 25.0 Å². The normalized spacial score (nSPS) is 13.5. The lowest BCUT2D eigenvalue weighted by atomic mass is 9.83. The Morgan fingerprint density at radius 3 is 1.81 bits per heavy atom. The number of carbonyl (C=O) groups excluding carboxylic acids is 4. The fourth-order valence-electron chi connectivity index (χ4n) is 4.99.